The van der Waals surface area contributed by atoms with Crippen molar-refractivity contribution in [1.29, 1.82) is 0 Å². The predicted molar refractivity (Wildman–Crippen MR) is 230 cm³/mol. The molecule has 4 aromatic rings. The van der Waals surface area contributed by atoms with Gasteiger partial charge in [-0.25, -0.2) is 4.79 Å². The molecule has 4 heterocycles. The lowest BCUT2D eigenvalue weighted by Crippen LogP contribution is -2.71. The Labute approximate surface area is 353 Å². The third-order valence-electron chi connectivity index (χ3n) is 11.3. The van der Waals surface area contributed by atoms with Crippen LogP contribution in [0.25, 0.3) is 0 Å². The Morgan fingerprint density at radius 3 is 2.02 bits per heavy atom. The van der Waals surface area contributed by atoms with Crippen molar-refractivity contribution in [1.82, 2.24) is 9.80 Å². The average Bonchev–Trinajstić information content (AvgIpc) is 3.89. The van der Waals surface area contributed by atoms with Gasteiger partial charge in [0.05, 0.1) is 11.1 Å². The summed E-state index contributed by atoms with van der Waals surface area (Å²) in [7, 11) is -0.743. The minimum absolute atomic E-state index is 0.191. The van der Waals surface area contributed by atoms with E-state index in [9.17, 15) is 23.4 Å². The number of esters is 1. The first kappa shape index (κ1) is 42.2. The van der Waals surface area contributed by atoms with Gasteiger partial charge in [-0.15, -0.1) is 11.8 Å². The maximum absolute atomic E-state index is 13.7. The smallest absolute Gasteiger partial charge is 0.331 e. The van der Waals surface area contributed by atoms with Crippen molar-refractivity contribution < 1.29 is 37.6 Å². The van der Waals surface area contributed by atoms with Crippen LogP contribution in [0.15, 0.2) is 103 Å². The number of unbranched alkanes of at least 4 members (excludes halogenated alkanes) is 5. The summed E-state index contributed by atoms with van der Waals surface area (Å²) >= 11 is 1.41. The van der Waals surface area contributed by atoms with Gasteiger partial charge in [0, 0.05) is 26.5 Å². The first-order chi connectivity index (χ1) is 28.5. The van der Waals surface area contributed by atoms with Crippen molar-refractivity contribution in [3.05, 3.63) is 131 Å². The molecule has 59 heavy (non-hydrogen) atoms. The molecule has 8 rings (SSSR count). The van der Waals surface area contributed by atoms with E-state index < -0.39 is 62.8 Å². The van der Waals surface area contributed by atoms with Crippen LogP contribution in [0.3, 0.4) is 0 Å². The quantitative estimate of drug-likeness (QED) is 0.0503. The zero-order valence-corrected chi connectivity index (χ0v) is 35.7. The number of hydrogen-bond donors (Lipinski definition) is 0. The largest absolute Gasteiger partial charge is 0.454 e. The number of benzene rings is 4. The topological polar surface area (TPSA) is 120 Å². The summed E-state index contributed by atoms with van der Waals surface area (Å²) in [6.07, 6.45) is 7.68. The summed E-state index contributed by atoms with van der Waals surface area (Å²) in [5.41, 5.74) is 3.41. The highest BCUT2D eigenvalue weighted by molar-refractivity contribution is 8.01. The molecule has 4 aromatic carbocycles. The summed E-state index contributed by atoms with van der Waals surface area (Å²) in [5.74, 6) is 0.559. The van der Waals surface area contributed by atoms with Gasteiger partial charge in [0.1, 0.15) is 17.5 Å². The van der Waals surface area contributed by atoms with Crippen LogP contribution < -0.4 is 9.47 Å². The zero-order valence-electron chi connectivity index (χ0n) is 34.0. The van der Waals surface area contributed by atoms with Crippen molar-refractivity contribution in [3.8, 4) is 11.5 Å². The summed E-state index contributed by atoms with van der Waals surface area (Å²) in [6, 6.07) is 29.7. The lowest BCUT2D eigenvalue weighted by molar-refractivity contribution is -0.168. The van der Waals surface area contributed by atoms with Crippen LogP contribution in [-0.4, -0.2) is 77.7 Å². The number of fused-ring (bicyclic) bond motifs is 3. The van der Waals surface area contributed by atoms with Crippen LogP contribution in [0.4, 0.5) is 0 Å². The van der Waals surface area contributed by atoms with Crippen molar-refractivity contribution in [3.63, 3.8) is 0 Å². The number of β-lactam (4-membered cyclic amide) rings is 1. The number of imide groups is 1. The summed E-state index contributed by atoms with van der Waals surface area (Å²) in [6.45, 7) is 8.38. The minimum atomic E-state index is -0.950. The summed E-state index contributed by atoms with van der Waals surface area (Å²) in [5, 5.41) is -0.329. The van der Waals surface area contributed by atoms with E-state index in [0.717, 1.165) is 46.1 Å². The fourth-order valence-corrected chi connectivity index (χ4v) is 11.1. The number of carbonyl (C=O) groups excluding carboxylic acids is 4. The SMILES string of the molecule is CC1(C)S[C@@H]2C(N3C(=O)c4ccccc4C3=O)C(=O)N2[C@H]1C(=O)OC(c1ccccc1)c1ccccc1.CCCCCCCCS(=O)C(C)Cc1ccc2c(c1)OCO2. The van der Waals surface area contributed by atoms with Crippen LogP contribution in [0.5, 0.6) is 11.5 Å². The zero-order chi connectivity index (χ0) is 41.7. The Hall–Kier alpha value is -4.94. The molecule has 3 unspecified atom stereocenters. The normalized spacial score (nSPS) is 20.7. The van der Waals surface area contributed by atoms with E-state index in [1.807, 2.05) is 92.7 Å². The van der Waals surface area contributed by atoms with Gasteiger partial charge in [0.25, 0.3) is 17.7 Å². The highest BCUT2D eigenvalue weighted by atomic mass is 32.2. The van der Waals surface area contributed by atoms with E-state index in [4.69, 9.17) is 14.2 Å². The molecule has 2 saturated heterocycles. The Morgan fingerprint density at radius 2 is 1.39 bits per heavy atom. The molecule has 12 heteroatoms. The summed E-state index contributed by atoms with van der Waals surface area (Å²) < 4.78 is 28.4. The molecule has 4 aliphatic rings. The predicted octanol–water partition coefficient (Wildman–Crippen LogP) is 8.50. The lowest BCUT2D eigenvalue weighted by Gasteiger charge is -2.46. The van der Waals surface area contributed by atoms with Crippen LogP contribution in [-0.2, 0) is 31.5 Å². The number of amides is 3. The van der Waals surface area contributed by atoms with E-state index >= 15 is 0 Å². The second-order valence-corrected chi connectivity index (χ2v) is 19.7. The van der Waals surface area contributed by atoms with E-state index in [0.29, 0.717) is 17.9 Å². The fraction of sp³-hybridized carbons (Fsp3) is 0.404. The Bertz CT molecular complexity index is 2110. The van der Waals surface area contributed by atoms with E-state index in [2.05, 4.69) is 13.8 Å². The number of rotatable bonds is 15. The average molecular weight is 837 g/mol. The van der Waals surface area contributed by atoms with Crippen LogP contribution >= 0.6 is 11.8 Å². The van der Waals surface area contributed by atoms with E-state index in [-0.39, 0.29) is 5.25 Å². The Balaban J connectivity index is 0.000000206. The molecular weight excluding hydrogens is 785 g/mol. The molecular formula is C47H52N2O8S2. The van der Waals surface area contributed by atoms with Gasteiger partial charge in [0.15, 0.2) is 17.6 Å². The van der Waals surface area contributed by atoms with Gasteiger partial charge in [-0.3, -0.25) is 23.5 Å². The Kier molecular flexibility index (Phi) is 13.3. The molecule has 0 saturated carbocycles. The highest BCUT2D eigenvalue weighted by Crippen LogP contribution is 2.53. The van der Waals surface area contributed by atoms with Crippen molar-refractivity contribution >= 4 is 46.3 Å². The van der Waals surface area contributed by atoms with E-state index in [1.165, 1.54) is 54.3 Å². The molecule has 0 radical (unpaired) electrons. The number of thioether (sulfide) groups is 1. The molecule has 5 atom stereocenters. The maximum Gasteiger partial charge on any atom is 0.331 e. The molecule has 0 aliphatic carbocycles. The second kappa shape index (κ2) is 18.5. The first-order valence-corrected chi connectivity index (χ1v) is 22.8. The molecule has 310 valence electrons. The van der Waals surface area contributed by atoms with Gasteiger partial charge in [-0.1, -0.05) is 125 Å². The summed E-state index contributed by atoms with van der Waals surface area (Å²) in [4.78, 5) is 55.8. The molecule has 3 amide bonds. The highest BCUT2D eigenvalue weighted by Gasteiger charge is 2.67. The number of carbonyl (C=O) groups is 4. The molecule has 0 aromatic heterocycles. The molecule has 10 nitrogen and oxygen atoms in total. The van der Waals surface area contributed by atoms with E-state index in [1.54, 1.807) is 24.3 Å². The van der Waals surface area contributed by atoms with Gasteiger partial charge in [-0.2, -0.15) is 0 Å². The van der Waals surface area contributed by atoms with Gasteiger partial charge < -0.3 is 19.1 Å². The first-order valence-electron chi connectivity index (χ1n) is 20.5. The van der Waals surface area contributed by atoms with Gasteiger partial charge >= 0.3 is 5.97 Å². The molecule has 0 N–H and O–H groups in total. The number of ether oxygens (including phenoxy) is 3. The fourth-order valence-electron chi connectivity index (χ4n) is 8.16. The number of hydrogen-bond acceptors (Lipinski definition) is 9. The lowest BCUT2D eigenvalue weighted by atomic mass is 9.94. The molecule has 2 fully saturated rings. The third-order valence-corrected chi connectivity index (χ3v) is 14.6. The third kappa shape index (κ3) is 8.99. The molecule has 4 aliphatic heterocycles. The van der Waals surface area contributed by atoms with Crippen molar-refractivity contribution in [2.24, 2.45) is 0 Å². The number of nitrogens with zero attached hydrogens (tertiary/aromatic N) is 2. The van der Waals surface area contributed by atoms with Crippen LogP contribution in [0, 0.1) is 0 Å². The van der Waals surface area contributed by atoms with Crippen LogP contribution in [0.2, 0.25) is 0 Å². The van der Waals surface area contributed by atoms with Crippen molar-refractivity contribution in [2.75, 3.05) is 12.5 Å². The minimum Gasteiger partial charge on any atom is -0.454 e. The van der Waals surface area contributed by atoms with Gasteiger partial charge in [-0.05, 0) is 67.6 Å². The maximum atomic E-state index is 13.7. The van der Waals surface area contributed by atoms with Gasteiger partial charge in [0.2, 0.25) is 6.79 Å². The molecule has 0 spiro atoms. The van der Waals surface area contributed by atoms with Crippen LogP contribution in [0.1, 0.15) is 110 Å². The monoisotopic (exact) mass is 836 g/mol. The van der Waals surface area contributed by atoms with Crippen molar-refractivity contribution in [2.45, 2.75) is 106 Å². The molecule has 0 bridgehead atoms. The standard InChI is InChI=1S/C29H24N2O5S.C18H28O3S/c1-29(2)23(28(35)36-22(17-11-5-3-6-12-17)18-13-7-4-8-14-18)31-26(34)21(27(31)37-29)30-24(32)19-15-9-10-16-20(19)25(30)33;1-3-4-5-6-7-8-11-22(19)15(2)12-16-9-10-17-18(13-16)21-14-20-17/h3-16,21-23,27H,1-2H3;9-10,13,15H,3-8,11-12,14H2,1-2H3/t21?,23-,27+;/m0./s1. The second-order valence-electron chi connectivity index (χ2n) is 15.9. The Morgan fingerprint density at radius 1 is 0.814 bits per heavy atom.